The molecule has 1 aromatic rings. The number of nitrogens with one attached hydrogen (secondary N) is 1. The van der Waals surface area contributed by atoms with Crippen LogP contribution in [0.1, 0.15) is 38.7 Å². The van der Waals surface area contributed by atoms with E-state index in [4.69, 9.17) is 0 Å². The van der Waals surface area contributed by atoms with Gasteiger partial charge in [0.15, 0.2) is 0 Å². The monoisotopic (exact) mass is 221 g/mol. The minimum Gasteiger partial charge on any atom is -0.307 e. The van der Waals surface area contributed by atoms with Gasteiger partial charge in [-0.1, -0.05) is 26.0 Å². The largest absolute Gasteiger partial charge is 0.307 e. The summed E-state index contributed by atoms with van der Waals surface area (Å²) in [5.41, 5.74) is 1.07. The van der Waals surface area contributed by atoms with Crippen LogP contribution in [0.25, 0.3) is 0 Å². The minimum atomic E-state index is -0.134. The quantitative estimate of drug-likeness (QED) is 0.806. The molecule has 0 spiro atoms. The molecule has 1 fully saturated rings. The summed E-state index contributed by atoms with van der Waals surface area (Å²) in [7, 11) is 0. The zero-order valence-electron chi connectivity index (χ0n) is 10.1. The van der Waals surface area contributed by atoms with Crippen LogP contribution < -0.4 is 5.32 Å². The molecule has 0 bridgehead atoms. The zero-order valence-corrected chi connectivity index (χ0v) is 10.1. The van der Waals surface area contributed by atoms with Gasteiger partial charge >= 0.3 is 0 Å². The molecule has 0 aliphatic carbocycles. The van der Waals surface area contributed by atoms with Crippen LogP contribution in [-0.4, -0.2) is 6.54 Å². The summed E-state index contributed by atoms with van der Waals surface area (Å²) in [6.45, 7) is 5.46. The molecule has 1 aliphatic heterocycles. The normalized spacial score (nSPS) is 26.0. The van der Waals surface area contributed by atoms with E-state index in [-0.39, 0.29) is 11.4 Å². The van der Waals surface area contributed by atoms with Crippen molar-refractivity contribution in [3.05, 3.63) is 35.6 Å². The predicted molar refractivity (Wildman–Crippen MR) is 64.8 cm³/mol. The molecule has 0 saturated carbocycles. The highest BCUT2D eigenvalue weighted by Crippen LogP contribution is 2.37. The maximum Gasteiger partial charge on any atom is 0.123 e. The van der Waals surface area contributed by atoms with Crippen molar-refractivity contribution in [1.29, 1.82) is 0 Å². The fourth-order valence-corrected chi connectivity index (χ4v) is 2.77. The third kappa shape index (κ3) is 1.99. The first-order valence-corrected chi connectivity index (χ1v) is 6.16. The van der Waals surface area contributed by atoms with E-state index in [0.717, 1.165) is 18.5 Å². The van der Waals surface area contributed by atoms with E-state index in [1.165, 1.54) is 18.9 Å². The molecule has 16 heavy (non-hydrogen) atoms. The van der Waals surface area contributed by atoms with Gasteiger partial charge in [-0.05, 0) is 49.4 Å². The van der Waals surface area contributed by atoms with Gasteiger partial charge in [-0.2, -0.15) is 0 Å². The van der Waals surface area contributed by atoms with Gasteiger partial charge in [-0.25, -0.2) is 4.39 Å². The first-order chi connectivity index (χ1) is 7.65. The van der Waals surface area contributed by atoms with Crippen molar-refractivity contribution in [3.63, 3.8) is 0 Å². The Morgan fingerprint density at radius 1 is 1.31 bits per heavy atom. The fraction of sp³-hybridized carbons (Fsp3) is 0.571. The van der Waals surface area contributed by atoms with Crippen molar-refractivity contribution in [2.45, 2.75) is 38.6 Å². The lowest BCUT2D eigenvalue weighted by atomic mass is 9.74. The molecule has 1 heterocycles. The number of halogens is 1. The van der Waals surface area contributed by atoms with E-state index >= 15 is 0 Å². The van der Waals surface area contributed by atoms with Crippen molar-refractivity contribution in [3.8, 4) is 0 Å². The highest BCUT2D eigenvalue weighted by Gasteiger charge is 2.36. The molecule has 1 aliphatic rings. The van der Waals surface area contributed by atoms with Gasteiger partial charge in [0, 0.05) is 5.54 Å². The highest BCUT2D eigenvalue weighted by atomic mass is 19.1. The Labute approximate surface area is 97.1 Å². The van der Waals surface area contributed by atoms with Crippen LogP contribution in [0.15, 0.2) is 24.3 Å². The molecule has 2 rings (SSSR count). The second kappa shape index (κ2) is 4.54. The Balaban J connectivity index is 2.38. The Bertz CT molecular complexity index is 354. The summed E-state index contributed by atoms with van der Waals surface area (Å²) in [6.07, 6.45) is 3.56. The Morgan fingerprint density at radius 2 is 2.12 bits per heavy atom. The van der Waals surface area contributed by atoms with Crippen LogP contribution in [0.3, 0.4) is 0 Å². The van der Waals surface area contributed by atoms with Gasteiger partial charge in [-0.15, -0.1) is 0 Å². The molecule has 88 valence electrons. The number of hydrogen-bond acceptors (Lipinski definition) is 1. The molecule has 0 radical (unpaired) electrons. The summed E-state index contributed by atoms with van der Waals surface area (Å²) in [4.78, 5) is 0. The van der Waals surface area contributed by atoms with Gasteiger partial charge in [-0.3, -0.25) is 0 Å². The van der Waals surface area contributed by atoms with Gasteiger partial charge in [0.05, 0.1) is 0 Å². The number of rotatable bonds is 2. The third-order valence-corrected chi connectivity index (χ3v) is 3.76. The lowest BCUT2D eigenvalue weighted by molar-refractivity contribution is 0.184. The molecule has 1 atom stereocenters. The molecule has 2 heteroatoms. The minimum absolute atomic E-state index is 0.0274. The van der Waals surface area contributed by atoms with E-state index in [0.29, 0.717) is 5.92 Å². The Hall–Kier alpha value is -0.890. The third-order valence-electron chi connectivity index (χ3n) is 3.76. The smallest absolute Gasteiger partial charge is 0.123 e. The Morgan fingerprint density at radius 3 is 2.69 bits per heavy atom. The summed E-state index contributed by atoms with van der Waals surface area (Å²) < 4.78 is 13.3. The molecule has 1 unspecified atom stereocenters. The highest BCUT2D eigenvalue weighted by molar-refractivity contribution is 5.26. The van der Waals surface area contributed by atoms with Crippen LogP contribution in [-0.2, 0) is 5.54 Å². The molecule has 1 nitrogen and oxygen atoms in total. The standard InChI is InChI=1S/C14H20FN/c1-11(2)14(8-3-4-9-16-14)12-6-5-7-13(15)10-12/h5-7,10-11,16H,3-4,8-9H2,1-2H3. The average Bonchev–Trinajstić information content (AvgIpc) is 2.30. The SMILES string of the molecule is CC(C)C1(c2cccc(F)c2)CCCCN1. The molecule has 0 amide bonds. The number of benzene rings is 1. The fourth-order valence-electron chi connectivity index (χ4n) is 2.77. The van der Waals surface area contributed by atoms with Gasteiger partial charge < -0.3 is 5.32 Å². The molecular formula is C14H20FN. The van der Waals surface area contributed by atoms with Crippen LogP contribution in [0.2, 0.25) is 0 Å². The molecule has 1 aromatic carbocycles. The van der Waals surface area contributed by atoms with E-state index in [1.54, 1.807) is 6.07 Å². The summed E-state index contributed by atoms with van der Waals surface area (Å²) >= 11 is 0. The van der Waals surface area contributed by atoms with Crippen LogP contribution in [0.4, 0.5) is 4.39 Å². The van der Waals surface area contributed by atoms with Crippen molar-refractivity contribution in [2.24, 2.45) is 5.92 Å². The van der Waals surface area contributed by atoms with Crippen LogP contribution >= 0.6 is 0 Å². The van der Waals surface area contributed by atoms with Gasteiger partial charge in [0.2, 0.25) is 0 Å². The van der Waals surface area contributed by atoms with Crippen molar-refractivity contribution < 1.29 is 4.39 Å². The zero-order chi connectivity index (χ0) is 11.6. The van der Waals surface area contributed by atoms with E-state index < -0.39 is 0 Å². The first kappa shape index (κ1) is 11.6. The van der Waals surface area contributed by atoms with Crippen molar-refractivity contribution >= 4 is 0 Å². The summed E-state index contributed by atoms with van der Waals surface area (Å²) in [5, 5.41) is 3.61. The molecular weight excluding hydrogens is 201 g/mol. The molecule has 1 saturated heterocycles. The maximum absolute atomic E-state index is 13.3. The molecule has 1 N–H and O–H groups in total. The summed E-state index contributed by atoms with van der Waals surface area (Å²) in [6, 6.07) is 7.05. The number of piperidine rings is 1. The maximum atomic E-state index is 13.3. The first-order valence-electron chi connectivity index (χ1n) is 6.16. The van der Waals surface area contributed by atoms with Crippen molar-refractivity contribution in [2.75, 3.05) is 6.54 Å². The lowest BCUT2D eigenvalue weighted by Crippen LogP contribution is -2.49. The lowest BCUT2D eigenvalue weighted by Gasteiger charge is -2.42. The topological polar surface area (TPSA) is 12.0 Å². The second-order valence-corrected chi connectivity index (χ2v) is 5.02. The van der Waals surface area contributed by atoms with E-state index in [1.807, 2.05) is 12.1 Å². The van der Waals surface area contributed by atoms with E-state index in [2.05, 4.69) is 19.2 Å². The van der Waals surface area contributed by atoms with Crippen LogP contribution in [0, 0.1) is 11.7 Å². The number of hydrogen-bond donors (Lipinski definition) is 1. The van der Waals surface area contributed by atoms with Crippen LogP contribution in [0.5, 0.6) is 0 Å². The van der Waals surface area contributed by atoms with Gasteiger partial charge in [0.1, 0.15) is 5.82 Å². The molecule has 0 aromatic heterocycles. The second-order valence-electron chi connectivity index (χ2n) is 5.02. The average molecular weight is 221 g/mol. The van der Waals surface area contributed by atoms with E-state index in [9.17, 15) is 4.39 Å². The summed E-state index contributed by atoms with van der Waals surface area (Å²) in [5.74, 6) is 0.347. The Kier molecular flexibility index (Phi) is 3.29. The van der Waals surface area contributed by atoms with Gasteiger partial charge in [0.25, 0.3) is 0 Å². The predicted octanol–water partition coefficient (Wildman–Crippen LogP) is 3.45. The van der Waals surface area contributed by atoms with Crippen molar-refractivity contribution in [1.82, 2.24) is 5.32 Å².